The summed E-state index contributed by atoms with van der Waals surface area (Å²) in [5, 5.41) is 5.39. The Bertz CT molecular complexity index is 621. The molecule has 0 aliphatic carbocycles. The van der Waals surface area contributed by atoms with E-state index in [9.17, 15) is 0 Å². The van der Waals surface area contributed by atoms with E-state index >= 15 is 0 Å². The highest BCUT2D eigenvalue weighted by Crippen LogP contribution is 2.27. The van der Waals surface area contributed by atoms with E-state index in [2.05, 4.69) is 24.9 Å². The van der Waals surface area contributed by atoms with E-state index in [1.165, 1.54) is 32.4 Å². The molecule has 0 saturated carbocycles. The predicted octanol–water partition coefficient (Wildman–Crippen LogP) is 1.04. The molecule has 4 heterocycles. The van der Waals surface area contributed by atoms with Crippen LogP contribution < -0.4 is 4.90 Å². The van der Waals surface area contributed by atoms with Gasteiger partial charge in [0.2, 0.25) is 0 Å². The van der Waals surface area contributed by atoms with Crippen molar-refractivity contribution >= 4 is 16.9 Å². The molecule has 0 amide bonds. The molecule has 0 spiro atoms. The molecule has 6 heteroatoms. The summed E-state index contributed by atoms with van der Waals surface area (Å²) in [4.78, 5) is 14.0. The van der Waals surface area contributed by atoms with E-state index in [4.69, 9.17) is 0 Å². The molecular formula is C14H20N6. The maximum atomic E-state index is 4.54. The molecule has 1 atom stereocenters. The van der Waals surface area contributed by atoms with Gasteiger partial charge in [-0.3, -0.25) is 9.58 Å². The Morgan fingerprint density at radius 3 is 3.00 bits per heavy atom. The molecule has 2 aliphatic rings. The van der Waals surface area contributed by atoms with Crippen molar-refractivity contribution in [3.63, 3.8) is 0 Å². The molecule has 2 saturated heterocycles. The predicted molar refractivity (Wildman–Crippen MR) is 77.7 cm³/mol. The topological polar surface area (TPSA) is 50.1 Å². The third kappa shape index (κ3) is 1.86. The minimum absolute atomic E-state index is 0.694. The molecule has 2 fully saturated rings. The van der Waals surface area contributed by atoms with Crippen molar-refractivity contribution in [1.82, 2.24) is 24.6 Å². The molecule has 2 aromatic rings. The van der Waals surface area contributed by atoms with Crippen LogP contribution in [0.1, 0.15) is 19.3 Å². The normalized spacial score (nSPS) is 24.1. The first kappa shape index (κ1) is 12.1. The van der Waals surface area contributed by atoms with Gasteiger partial charge in [-0.1, -0.05) is 0 Å². The number of anilines is 1. The van der Waals surface area contributed by atoms with Gasteiger partial charge in [0, 0.05) is 32.7 Å². The molecule has 2 aromatic heterocycles. The lowest BCUT2D eigenvalue weighted by Crippen LogP contribution is -2.37. The molecule has 20 heavy (non-hydrogen) atoms. The van der Waals surface area contributed by atoms with Crippen LogP contribution in [0.25, 0.3) is 11.0 Å². The zero-order valence-electron chi connectivity index (χ0n) is 11.9. The average Bonchev–Trinajstić information content (AvgIpc) is 3.01. The summed E-state index contributed by atoms with van der Waals surface area (Å²) in [7, 11) is 1.93. The quantitative estimate of drug-likeness (QED) is 0.776. The third-order valence-electron chi connectivity index (χ3n) is 4.61. The zero-order chi connectivity index (χ0) is 13.5. The van der Waals surface area contributed by atoms with Gasteiger partial charge in [0.15, 0.2) is 5.65 Å². The van der Waals surface area contributed by atoms with Crippen LogP contribution in [0.15, 0.2) is 12.5 Å². The van der Waals surface area contributed by atoms with E-state index < -0.39 is 0 Å². The Balaban J connectivity index is 1.71. The number of fused-ring (bicyclic) bond motifs is 2. The summed E-state index contributed by atoms with van der Waals surface area (Å²) in [6, 6.07) is 0.694. The summed E-state index contributed by atoms with van der Waals surface area (Å²) in [6.45, 7) is 4.65. The Morgan fingerprint density at radius 2 is 2.05 bits per heavy atom. The van der Waals surface area contributed by atoms with E-state index in [-0.39, 0.29) is 0 Å². The fourth-order valence-electron chi connectivity index (χ4n) is 3.60. The van der Waals surface area contributed by atoms with Gasteiger partial charge in [-0.25, -0.2) is 9.97 Å². The fraction of sp³-hybridized carbons (Fsp3) is 0.643. The number of hydrogen-bond acceptors (Lipinski definition) is 5. The monoisotopic (exact) mass is 272 g/mol. The van der Waals surface area contributed by atoms with Crippen molar-refractivity contribution in [2.75, 3.05) is 31.1 Å². The Kier molecular flexibility index (Phi) is 2.84. The van der Waals surface area contributed by atoms with Crippen molar-refractivity contribution in [3.05, 3.63) is 12.5 Å². The van der Waals surface area contributed by atoms with Crippen LogP contribution in [-0.4, -0.2) is 56.9 Å². The summed E-state index contributed by atoms with van der Waals surface area (Å²) in [6.07, 6.45) is 7.42. The summed E-state index contributed by atoms with van der Waals surface area (Å²) < 4.78 is 1.82. The van der Waals surface area contributed by atoms with Crippen LogP contribution in [-0.2, 0) is 7.05 Å². The molecule has 0 bridgehead atoms. The van der Waals surface area contributed by atoms with Gasteiger partial charge >= 0.3 is 0 Å². The van der Waals surface area contributed by atoms with Crippen LogP contribution in [0.2, 0.25) is 0 Å². The lowest BCUT2D eigenvalue weighted by Gasteiger charge is -2.26. The SMILES string of the molecule is Cn1ncc2c(N3CCCN4CCC[C@@H]4C3)ncnc21. The molecule has 0 unspecified atom stereocenters. The largest absolute Gasteiger partial charge is 0.354 e. The maximum absolute atomic E-state index is 4.54. The van der Waals surface area contributed by atoms with E-state index in [1.807, 2.05) is 17.9 Å². The minimum Gasteiger partial charge on any atom is -0.354 e. The van der Waals surface area contributed by atoms with Crippen LogP contribution >= 0.6 is 0 Å². The second-order valence-electron chi connectivity index (χ2n) is 5.83. The van der Waals surface area contributed by atoms with Crippen molar-refractivity contribution in [2.24, 2.45) is 7.05 Å². The Morgan fingerprint density at radius 1 is 1.15 bits per heavy atom. The van der Waals surface area contributed by atoms with Crippen molar-refractivity contribution in [2.45, 2.75) is 25.3 Å². The van der Waals surface area contributed by atoms with Gasteiger partial charge in [-0.2, -0.15) is 5.10 Å². The van der Waals surface area contributed by atoms with Crippen LogP contribution in [0.4, 0.5) is 5.82 Å². The van der Waals surface area contributed by atoms with Crippen molar-refractivity contribution in [1.29, 1.82) is 0 Å². The van der Waals surface area contributed by atoms with E-state index in [1.54, 1.807) is 6.33 Å². The highest BCUT2D eigenvalue weighted by molar-refractivity contribution is 5.86. The lowest BCUT2D eigenvalue weighted by atomic mass is 10.2. The molecular weight excluding hydrogens is 252 g/mol. The molecule has 6 nitrogen and oxygen atoms in total. The van der Waals surface area contributed by atoms with Crippen molar-refractivity contribution in [3.8, 4) is 0 Å². The van der Waals surface area contributed by atoms with Gasteiger partial charge in [0.1, 0.15) is 12.1 Å². The van der Waals surface area contributed by atoms with Gasteiger partial charge < -0.3 is 4.90 Å². The van der Waals surface area contributed by atoms with Crippen LogP contribution in [0, 0.1) is 0 Å². The highest BCUT2D eigenvalue weighted by Gasteiger charge is 2.29. The fourth-order valence-corrected chi connectivity index (χ4v) is 3.60. The summed E-state index contributed by atoms with van der Waals surface area (Å²) >= 11 is 0. The van der Waals surface area contributed by atoms with Crippen LogP contribution in [0.5, 0.6) is 0 Å². The van der Waals surface area contributed by atoms with Crippen molar-refractivity contribution < 1.29 is 0 Å². The van der Waals surface area contributed by atoms with Gasteiger partial charge in [-0.05, 0) is 25.8 Å². The number of aryl methyl sites for hydroxylation is 1. The highest BCUT2D eigenvalue weighted by atomic mass is 15.3. The van der Waals surface area contributed by atoms with Crippen LogP contribution in [0.3, 0.4) is 0 Å². The minimum atomic E-state index is 0.694. The van der Waals surface area contributed by atoms with E-state index in [0.29, 0.717) is 6.04 Å². The molecule has 4 rings (SSSR count). The zero-order valence-corrected chi connectivity index (χ0v) is 11.9. The Hall–Kier alpha value is -1.69. The van der Waals surface area contributed by atoms with Gasteiger partial charge in [0.25, 0.3) is 0 Å². The molecule has 0 N–H and O–H groups in total. The van der Waals surface area contributed by atoms with Gasteiger partial charge in [-0.15, -0.1) is 0 Å². The molecule has 2 aliphatic heterocycles. The first-order valence-corrected chi connectivity index (χ1v) is 7.44. The van der Waals surface area contributed by atoms with Gasteiger partial charge in [0.05, 0.1) is 11.6 Å². The third-order valence-corrected chi connectivity index (χ3v) is 4.61. The molecule has 106 valence electrons. The molecule has 0 radical (unpaired) electrons. The first-order chi connectivity index (χ1) is 9.83. The molecule has 0 aromatic carbocycles. The number of rotatable bonds is 1. The summed E-state index contributed by atoms with van der Waals surface area (Å²) in [5.41, 5.74) is 0.919. The number of aromatic nitrogens is 4. The average molecular weight is 272 g/mol. The van der Waals surface area contributed by atoms with E-state index in [0.717, 1.165) is 29.9 Å². The first-order valence-electron chi connectivity index (χ1n) is 7.44. The summed E-state index contributed by atoms with van der Waals surface area (Å²) in [5.74, 6) is 1.05. The number of hydrogen-bond donors (Lipinski definition) is 0. The number of nitrogens with zero attached hydrogens (tertiary/aromatic N) is 6. The Labute approximate surface area is 118 Å². The standard InChI is InChI=1S/C14H20N6/c1-18-13-12(8-17-18)14(16-10-15-13)20-7-3-6-19-5-2-4-11(19)9-20/h8,10-11H,2-7,9H2,1H3/t11-/m1/s1. The second-order valence-corrected chi connectivity index (χ2v) is 5.83. The smallest absolute Gasteiger partial charge is 0.163 e. The maximum Gasteiger partial charge on any atom is 0.163 e. The lowest BCUT2D eigenvalue weighted by molar-refractivity contribution is 0.273. The second kappa shape index (κ2) is 4.70.